The zero-order valence-corrected chi connectivity index (χ0v) is 13.8. The third-order valence-electron chi connectivity index (χ3n) is 4.57. The third-order valence-corrected chi connectivity index (χ3v) is 4.57. The highest BCUT2D eigenvalue weighted by Gasteiger charge is 2.32. The van der Waals surface area contributed by atoms with E-state index in [2.05, 4.69) is 21.3 Å². The molecule has 0 spiro atoms. The van der Waals surface area contributed by atoms with E-state index in [1.54, 1.807) is 11.7 Å². The van der Waals surface area contributed by atoms with Gasteiger partial charge in [-0.25, -0.2) is 4.68 Å². The summed E-state index contributed by atoms with van der Waals surface area (Å²) in [5.41, 5.74) is 1.97. The molecule has 1 aliphatic heterocycles. The molecule has 1 saturated heterocycles. The van der Waals surface area contributed by atoms with Crippen molar-refractivity contribution in [3.05, 3.63) is 33.8 Å². The molecule has 0 aliphatic carbocycles. The van der Waals surface area contributed by atoms with Gasteiger partial charge in [-0.2, -0.15) is 10.2 Å². The van der Waals surface area contributed by atoms with Crippen molar-refractivity contribution in [1.29, 1.82) is 0 Å². The monoisotopic (exact) mass is 318 g/mol. The van der Waals surface area contributed by atoms with Crippen LogP contribution in [0.5, 0.6) is 0 Å². The van der Waals surface area contributed by atoms with Gasteiger partial charge in [-0.15, -0.1) is 0 Å². The molecule has 0 N–H and O–H groups in total. The Morgan fingerprint density at radius 1 is 1.35 bits per heavy atom. The standard InChI is InChI=1S/C15H22N6O2/c1-4-13-14(21(22)23)15(19(3)17-13)20-7-5-11(6-8-20)12-9-16-18(2)10-12/h9-11H,4-8H2,1-3H3. The van der Waals surface area contributed by atoms with E-state index in [9.17, 15) is 10.1 Å². The number of aromatic nitrogens is 4. The highest BCUT2D eigenvalue weighted by atomic mass is 16.6. The normalized spacial score (nSPS) is 16.0. The van der Waals surface area contributed by atoms with Crippen LogP contribution in [0.4, 0.5) is 11.5 Å². The number of piperidine rings is 1. The lowest BCUT2D eigenvalue weighted by atomic mass is 9.91. The largest absolute Gasteiger partial charge is 0.351 e. The first-order valence-corrected chi connectivity index (χ1v) is 7.95. The minimum Gasteiger partial charge on any atom is -0.351 e. The van der Waals surface area contributed by atoms with E-state index in [0.29, 0.717) is 23.9 Å². The molecule has 0 saturated carbocycles. The summed E-state index contributed by atoms with van der Waals surface area (Å²) in [5, 5.41) is 20.0. The number of nitro groups is 1. The lowest BCUT2D eigenvalue weighted by Gasteiger charge is -2.32. The lowest BCUT2D eigenvalue weighted by Crippen LogP contribution is -2.34. The average molecular weight is 318 g/mol. The number of hydrogen-bond acceptors (Lipinski definition) is 5. The van der Waals surface area contributed by atoms with Gasteiger partial charge in [0.2, 0.25) is 5.82 Å². The second-order valence-corrected chi connectivity index (χ2v) is 6.06. The predicted molar refractivity (Wildman–Crippen MR) is 86.6 cm³/mol. The maximum Gasteiger partial charge on any atom is 0.334 e. The van der Waals surface area contributed by atoms with Crippen LogP contribution in [0.1, 0.15) is 36.9 Å². The van der Waals surface area contributed by atoms with Crippen LogP contribution in [0.15, 0.2) is 12.4 Å². The maximum absolute atomic E-state index is 11.5. The Hall–Kier alpha value is -2.38. The Morgan fingerprint density at radius 3 is 2.57 bits per heavy atom. The highest BCUT2D eigenvalue weighted by molar-refractivity contribution is 5.62. The zero-order chi connectivity index (χ0) is 16.6. The molecule has 2 aromatic heterocycles. The first-order chi connectivity index (χ1) is 11.0. The summed E-state index contributed by atoms with van der Waals surface area (Å²) in [6.07, 6.45) is 6.48. The summed E-state index contributed by atoms with van der Waals surface area (Å²) < 4.78 is 3.47. The summed E-state index contributed by atoms with van der Waals surface area (Å²) >= 11 is 0. The Bertz CT molecular complexity index is 712. The van der Waals surface area contributed by atoms with Crippen molar-refractivity contribution < 1.29 is 4.92 Å². The summed E-state index contributed by atoms with van der Waals surface area (Å²) in [5.74, 6) is 1.11. The van der Waals surface area contributed by atoms with Crippen LogP contribution in [-0.2, 0) is 20.5 Å². The van der Waals surface area contributed by atoms with Crippen LogP contribution in [0.2, 0.25) is 0 Å². The van der Waals surface area contributed by atoms with Crippen LogP contribution in [-0.4, -0.2) is 37.6 Å². The van der Waals surface area contributed by atoms with E-state index >= 15 is 0 Å². The minimum absolute atomic E-state index is 0.162. The molecule has 8 heteroatoms. The van der Waals surface area contributed by atoms with Gasteiger partial charge in [0.1, 0.15) is 5.69 Å². The molecule has 0 atom stereocenters. The fourth-order valence-electron chi connectivity index (χ4n) is 3.41. The summed E-state index contributed by atoms with van der Waals surface area (Å²) in [6, 6.07) is 0. The van der Waals surface area contributed by atoms with Crippen molar-refractivity contribution in [3.63, 3.8) is 0 Å². The molecule has 0 amide bonds. The van der Waals surface area contributed by atoms with Crippen LogP contribution in [0.3, 0.4) is 0 Å². The molecule has 2 aromatic rings. The SMILES string of the molecule is CCc1nn(C)c(N2CCC(c3cnn(C)c3)CC2)c1[N+](=O)[O-]. The van der Waals surface area contributed by atoms with Crippen molar-refractivity contribution in [3.8, 4) is 0 Å². The van der Waals surface area contributed by atoms with E-state index in [4.69, 9.17) is 0 Å². The maximum atomic E-state index is 11.5. The molecule has 1 aliphatic rings. The first-order valence-electron chi connectivity index (χ1n) is 7.95. The number of anilines is 1. The Labute approximate surface area is 134 Å². The third kappa shape index (κ3) is 2.80. The van der Waals surface area contributed by atoms with Gasteiger partial charge in [0.05, 0.1) is 11.1 Å². The first kappa shape index (κ1) is 15.5. The van der Waals surface area contributed by atoms with Gasteiger partial charge in [0, 0.05) is 33.4 Å². The average Bonchev–Trinajstić information content (AvgIpc) is 3.10. The highest BCUT2D eigenvalue weighted by Crippen LogP contribution is 2.36. The fourth-order valence-corrected chi connectivity index (χ4v) is 3.41. The lowest BCUT2D eigenvalue weighted by molar-refractivity contribution is -0.384. The fraction of sp³-hybridized carbons (Fsp3) is 0.600. The second kappa shape index (κ2) is 6.02. The van der Waals surface area contributed by atoms with Gasteiger partial charge < -0.3 is 4.90 Å². The van der Waals surface area contributed by atoms with Crippen LogP contribution < -0.4 is 4.90 Å². The predicted octanol–water partition coefficient (Wildman–Crippen LogP) is 2.01. The number of hydrogen-bond donors (Lipinski definition) is 0. The van der Waals surface area contributed by atoms with Crippen molar-refractivity contribution in [1.82, 2.24) is 19.6 Å². The molecule has 23 heavy (non-hydrogen) atoms. The number of rotatable bonds is 4. The molecule has 3 rings (SSSR count). The van der Waals surface area contributed by atoms with Crippen molar-refractivity contribution in [2.24, 2.45) is 14.1 Å². The summed E-state index contributed by atoms with van der Waals surface area (Å²) in [7, 11) is 3.71. The topological polar surface area (TPSA) is 82.0 Å². The van der Waals surface area contributed by atoms with Crippen molar-refractivity contribution in [2.75, 3.05) is 18.0 Å². The number of nitrogens with zero attached hydrogens (tertiary/aromatic N) is 6. The smallest absolute Gasteiger partial charge is 0.334 e. The van der Waals surface area contributed by atoms with Crippen LogP contribution in [0, 0.1) is 10.1 Å². The van der Waals surface area contributed by atoms with E-state index in [0.717, 1.165) is 25.9 Å². The molecule has 1 fully saturated rings. The second-order valence-electron chi connectivity index (χ2n) is 6.06. The Balaban J connectivity index is 1.80. The van der Waals surface area contributed by atoms with E-state index < -0.39 is 0 Å². The van der Waals surface area contributed by atoms with E-state index in [1.165, 1.54) is 5.56 Å². The van der Waals surface area contributed by atoms with E-state index in [1.807, 2.05) is 24.9 Å². The van der Waals surface area contributed by atoms with Crippen LogP contribution >= 0.6 is 0 Å². The molecule has 0 bridgehead atoms. The Kier molecular flexibility index (Phi) is 4.06. The summed E-state index contributed by atoms with van der Waals surface area (Å²) in [6.45, 7) is 3.49. The van der Waals surface area contributed by atoms with Crippen molar-refractivity contribution in [2.45, 2.75) is 32.1 Å². The van der Waals surface area contributed by atoms with Gasteiger partial charge in [-0.1, -0.05) is 6.92 Å². The van der Waals surface area contributed by atoms with Gasteiger partial charge in [-0.05, 0) is 30.7 Å². The quantitative estimate of drug-likeness (QED) is 0.636. The molecule has 0 aromatic carbocycles. The van der Waals surface area contributed by atoms with E-state index in [-0.39, 0.29) is 10.6 Å². The summed E-state index contributed by atoms with van der Waals surface area (Å²) in [4.78, 5) is 13.3. The zero-order valence-electron chi connectivity index (χ0n) is 13.8. The Morgan fingerprint density at radius 2 is 2.04 bits per heavy atom. The van der Waals surface area contributed by atoms with Gasteiger partial charge in [0.25, 0.3) is 0 Å². The molecule has 0 unspecified atom stereocenters. The van der Waals surface area contributed by atoms with Crippen molar-refractivity contribution >= 4 is 11.5 Å². The van der Waals surface area contributed by atoms with Gasteiger partial charge in [-0.3, -0.25) is 14.8 Å². The van der Waals surface area contributed by atoms with Gasteiger partial charge in [0.15, 0.2) is 0 Å². The van der Waals surface area contributed by atoms with Crippen LogP contribution in [0.25, 0.3) is 0 Å². The molecular formula is C15H22N6O2. The molecule has 124 valence electrons. The molecule has 8 nitrogen and oxygen atoms in total. The molecular weight excluding hydrogens is 296 g/mol. The molecule has 3 heterocycles. The van der Waals surface area contributed by atoms with Gasteiger partial charge >= 0.3 is 5.69 Å². The number of aryl methyl sites for hydroxylation is 3. The molecule has 0 radical (unpaired) electrons. The minimum atomic E-state index is -0.297.